The zero-order chi connectivity index (χ0) is 17.4. The van der Waals surface area contributed by atoms with Crippen LogP contribution in [0, 0.1) is 13.8 Å². The van der Waals surface area contributed by atoms with Gasteiger partial charge in [0.2, 0.25) is 0 Å². The second kappa shape index (κ2) is 6.02. The van der Waals surface area contributed by atoms with Gasteiger partial charge in [0.25, 0.3) is 5.56 Å². The molecule has 4 rings (SSSR count). The highest BCUT2D eigenvalue weighted by Crippen LogP contribution is 2.19. The molecule has 5 heteroatoms. The minimum atomic E-state index is -0.174. The molecule has 1 N–H and O–H groups in total. The number of fused-ring (bicyclic) bond motifs is 1. The summed E-state index contributed by atoms with van der Waals surface area (Å²) in [5.74, 6) is 0.550. The molecule has 124 valence electrons. The third-order valence-electron chi connectivity index (χ3n) is 4.17. The number of aromatic nitrogens is 4. The molecule has 0 saturated carbocycles. The lowest BCUT2D eigenvalue weighted by Crippen LogP contribution is -2.13. The smallest absolute Gasteiger partial charge is 0.277 e. The molecule has 0 bridgehead atoms. The third kappa shape index (κ3) is 2.96. The van der Waals surface area contributed by atoms with Gasteiger partial charge < -0.3 is 9.55 Å². The molecule has 2 aromatic carbocycles. The van der Waals surface area contributed by atoms with Crippen molar-refractivity contribution < 1.29 is 0 Å². The molecule has 0 atom stereocenters. The maximum absolute atomic E-state index is 12.7. The fraction of sp³-hybridized carbons (Fsp3) is 0.150. The first-order valence-corrected chi connectivity index (χ1v) is 8.18. The summed E-state index contributed by atoms with van der Waals surface area (Å²) in [5.41, 5.74) is 5.06. The number of benzene rings is 2. The van der Waals surface area contributed by atoms with Crippen LogP contribution in [-0.4, -0.2) is 19.5 Å². The Bertz CT molecular complexity index is 1090. The molecule has 0 aliphatic rings. The normalized spacial score (nSPS) is 11.1. The number of rotatable bonds is 3. The first-order chi connectivity index (χ1) is 12.1. The fourth-order valence-corrected chi connectivity index (χ4v) is 3.13. The van der Waals surface area contributed by atoms with Gasteiger partial charge in [0.15, 0.2) is 11.2 Å². The van der Waals surface area contributed by atoms with Crippen molar-refractivity contribution in [2.24, 2.45) is 0 Å². The van der Waals surface area contributed by atoms with Crippen LogP contribution in [-0.2, 0) is 6.54 Å². The van der Waals surface area contributed by atoms with Gasteiger partial charge >= 0.3 is 0 Å². The summed E-state index contributed by atoms with van der Waals surface area (Å²) in [4.78, 5) is 24.5. The summed E-state index contributed by atoms with van der Waals surface area (Å²) in [6.07, 6.45) is 1.67. The number of hydrogen-bond acceptors (Lipinski definition) is 3. The van der Waals surface area contributed by atoms with Crippen LogP contribution in [0.2, 0.25) is 0 Å². The van der Waals surface area contributed by atoms with Crippen molar-refractivity contribution >= 4 is 11.2 Å². The largest absolute Gasteiger partial charge is 0.320 e. The molecule has 0 fully saturated rings. The summed E-state index contributed by atoms with van der Waals surface area (Å²) in [6, 6.07) is 16.1. The number of aryl methyl sites for hydroxylation is 2. The molecule has 0 saturated heterocycles. The van der Waals surface area contributed by atoms with Crippen molar-refractivity contribution in [3.63, 3.8) is 0 Å². The van der Waals surface area contributed by atoms with E-state index in [1.165, 1.54) is 0 Å². The number of imidazole rings is 1. The van der Waals surface area contributed by atoms with E-state index in [1.54, 1.807) is 6.33 Å². The maximum atomic E-state index is 12.7. The van der Waals surface area contributed by atoms with Gasteiger partial charge in [0.1, 0.15) is 5.82 Å². The van der Waals surface area contributed by atoms with Crippen LogP contribution in [0.5, 0.6) is 0 Å². The Morgan fingerprint density at radius 3 is 2.48 bits per heavy atom. The highest BCUT2D eigenvalue weighted by atomic mass is 16.1. The molecule has 0 spiro atoms. The Morgan fingerprint density at radius 2 is 1.76 bits per heavy atom. The van der Waals surface area contributed by atoms with Gasteiger partial charge in [-0.2, -0.15) is 0 Å². The summed E-state index contributed by atoms with van der Waals surface area (Å²) in [6.45, 7) is 4.65. The Kier molecular flexibility index (Phi) is 3.69. The molecular formula is C20H18N4O. The van der Waals surface area contributed by atoms with Crippen LogP contribution in [0.15, 0.2) is 59.7 Å². The lowest BCUT2D eigenvalue weighted by Gasteiger charge is -2.06. The minimum absolute atomic E-state index is 0.174. The minimum Gasteiger partial charge on any atom is -0.320 e. The maximum Gasteiger partial charge on any atom is 0.277 e. The van der Waals surface area contributed by atoms with Crippen molar-refractivity contribution in [3.05, 3.63) is 81.9 Å². The van der Waals surface area contributed by atoms with Crippen molar-refractivity contribution in [3.8, 4) is 11.4 Å². The Labute approximate surface area is 145 Å². The average molecular weight is 330 g/mol. The van der Waals surface area contributed by atoms with Crippen molar-refractivity contribution in [2.75, 3.05) is 0 Å². The van der Waals surface area contributed by atoms with Crippen LogP contribution in [0.25, 0.3) is 22.6 Å². The number of aromatic amines is 1. The molecule has 4 aromatic rings. The van der Waals surface area contributed by atoms with Gasteiger partial charge in [0, 0.05) is 12.1 Å². The van der Waals surface area contributed by atoms with Gasteiger partial charge in [0.05, 0.1) is 6.33 Å². The van der Waals surface area contributed by atoms with Gasteiger partial charge in [-0.05, 0) is 31.5 Å². The predicted molar refractivity (Wildman–Crippen MR) is 98.6 cm³/mol. The molecule has 0 radical (unpaired) electrons. The summed E-state index contributed by atoms with van der Waals surface area (Å²) >= 11 is 0. The van der Waals surface area contributed by atoms with E-state index >= 15 is 0 Å². The second-order valence-corrected chi connectivity index (χ2v) is 6.32. The summed E-state index contributed by atoms with van der Waals surface area (Å²) in [7, 11) is 0. The Morgan fingerprint density at radius 1 is 1.04 bits per heavy atom. The third-order valence-corrected chi connectivity index (χ3v) is 4.17. The van der Waals surface area contributed by atoms with Crippen LogP contribution in [0.1, 0.15) is 16.7 Å². The van der Waals surface area contributed by atoms with Crippen LogP contribution in [0.3, 0.4) is 0 Å². The molecule has 0 amide bonds. The number of nitrogens with one attached hydrogen (secondary N) is 1. The quantitative estimate of drug-likeness (QED) is 0.626. The molecule has 0 aliphatic carbocycles. The standard InChI is InChI=1S/C20H18N4O/c1-13-8-14(2)10-16(9-13)18-22-19-17(20(25)23-18)24(12-21-19)11-15-6-4-3-5-7-15/h3-10,12H,11H2,1-2H3,(H,22,23,25). The van der Waals surface area contributed by atoms with Crippen LogP contribution >= 0.6 is 0 Å². The SMILES string of the molecule is Cc1cc(C)cc(-c2nc3ncn(Cc4ccccc4)c3c(=O)[nH]2)c1. The van der Waals surface area contributed by atoms with E-state index in [0.717, 1.165) is 22.3 Å². The molecule has 25 heavy (non-hydrogen) atoms. The number of H-pyrrole nitrogens is 1. The Hall–Kier alpha value is -3.21. The van der Waals surface area contributed by atoms with E-state index in [0.29, 0.717) is 23.5 Å². The van der Waals surface area contributed by atoms with Crippen molar-refractivity contribution in [1.29, 1.82) is 0 Å². The average Bonchev–Trinajstić information content (AvgIpc) is 2.98. The van der Waals surface area contributed by atoms with Crippen molar-refractivity contribution in [2.45, 2.75) is 20.4 Å². The topological polar surface area (TPSA) is 63.6 Å². The predicted octanol–water partition coefficient (Wildman–Crippen LogP) is 3.45. The fourth-order valence-electron chi connectivity index (χ4n) is 3.13. The summed E-state index contributed by atoms with van der Waals surface area (Å²) in [5, 5.41) is 0. The van der Waals surface area contributed by atoms with Gasteiger partial charge in [-0.15, -0.1) is 0 Å². The lowest BCUT2D eigenvalue weighted by molar-refractivity contribution is 0.819. The van der Waals surface area contributed by atoms with Gasteiger partial charge in [-0.25, -0.2) is 9.97 Å². The first kappa shape index (κ1) is 15.3. The lowest BCUT2D eigenvalue weighted by atomic mass is 10.1. The zero-order valence-electron chi connectivity index (χ0n) is 14.2. The number of nitrogens with zero attached hydrogens (tertiary/aromatic N) is 3. The van der Waals surface area contributed by atoms with E-state index in [-0.39, 0.29) is 5.56 Å². The van der Waals surface area contributed by atoms with E-state index < -0.39 is 0 Å². The highest BCUT2D eigenvalue weighted by molar-refractivity contribution is 5.73. The van der Waals surface area contributed by atoms with Gasteiger partial charge in [-0.1, -0.05) is 47.5 Å². The molecule has 0 unspecified atom stereocenters. The summed E-state index contributed by atoms with van der Waals surface area (Å²) < 4.78 is 1.84. The monoisotopic (exact) mass is 330 g/mol. The molecule has 2 heterocycles. The van der Waals surface area contributed by atoms with Crippen LogP contribution in [0.4, 0.5) is 0 Å². The van der Waals surface area contributed by atoms with E-state index in [4.69, 9.17) is 0 Å². The van der Waals surface area contributed by atoms with Crippen LogP contribution < -0.4 is 5.56 Å². The molecule has 5 nitrogen and oxygen atoms in total. The highest BCUT2D eigenvalue weighted by Gasteiger charge is 2.12. The molecular weight excluding hydrogens is 312 g/mol. The molecule has 2 aromatic heterocycles. The van der Waals surface area contributed by atoms with E-state index in [2.05, 4.69) is 21.0 Å². The number of hydrogen-bond donors (Lipinski definition) is 1. The van der Waals surface area contributed by atoms with Crippen molar-refractivity contribution in [1.82, 2.24) is 19.5 Å². The van der Waals surface area contributed by atoms with E-state index in [9.17, 15) is 4.79 Å². The zero-order valence-corrected chi connectivity index (χ0v) is 14.2. The first-order valence-electron chi connectivity index (χ1n) is 8.18. The van der Waals surface area contributed by atoms with Gasteiger partial charge in [-0.3, -0.25) is 4.79 Å². The van der Waals surface area contributed by atoms with E-state index in [1.807, 2.05) is 60.9 Å². The Balaban J connectivity index is 1.80. The molecule has 0 aliphatic heterocycles. The second-order valence-electron chi connectivity index (χ2n) is 6.32.